The Morgan fingerprint density at radius 2 is 1.90 bits per heavy atom. The first kappa shape index (κ1) is 21.6. The number of nitrogens with zero attached hydrogens (tertiary/aromatic N) is 1. The second-order valence-corrected chi connectivity index (χ2v) is 10.6. The van der Waals surface area contributed by atoms with Crippen LogP contribution in [-0.2, 0) is 26.0 Å². The summed E-state index contributed by atoms with van der Waals surface area (Å²) in [5, 5.41) is 0. The van der Waals surface area contributed by atoms with Crippen molar-refractivity contribution >= 4 is 22.1 Å². The smallest absolute Gasteiger partial charge is 0.244 e. The van der Waals surface area contributed by atoms with Crippen LogP contribution >= 0.6 is 0 Å². The van der Waals surface area contributed by atoms with E-state index in [-0.39, 0.29) is 10.7 Å². The van der Waals surface area contributed by atoms with Gasteiger partial charge in [0.1, 0.15) is 12.1 Å². The third-order valence-electron chi connectivity index (χ3n) is 6.21. The highest BCUT2D eigenvalue weighted by Crippen LogP contribution is 2.42. The Kier molecular flexibility index (Phi) is 5.43. The number of fused-ring (bicyclic) bond motifs is 1. The molecule has 5 nitrogen and oxygen atoms in total. The van der Waals surface area contributed by atoms with E-state index in [1.54, 1.807) is 19.9 Å². The molecule has 162 valence electrons. The topological polar surface area (TPSA) is 71.5 Å². The second-order valence-electron chi connectivity index (χ2n) is 8.74. The number of aldehydes is 1. The van der Waals surface area contributed by atoms with Crippen LogP contribution in [0.2, 0.25) is 0 Å². The van der Waals surface area contributed by atoms with Crippen molar-refractivity contribution in [2.24, 2.45) is 0 Å². The average Bonchev–Trinajstić information content (AvgIpc) is 3.08. The van der Waals surface area contributed by atoms with E-state index >= 15 is 0 Å². The summed E-state index contributed by atoms with van der Waals surface area (Å²) >= 11 is 0. The minimum absolute atomic E-state index is 0.173. The van der Waals surface area contributed by atoms with Gasteiger partial charge in [0.15, 0.2) is 5.78 Å². The number of sulfonamides is 1. The lowest BCUT2D eigenvalue weighted by atomic mass is 9.80. The molecule has 7 heteroatoms. The molecule has 0 saturated carbocycles. The summed E-state index contributed by atoms with van der Waals surface area (Å²) in [7, 11) is -4.12. The number of Topliss-reactive ketones (excluding diaryl/α,β-unsaturated/α-hetero) is 1. The summed E-state index contributed by atoms with van der Waals surface area (Å²) in [6, 6.07) is 11.4. The summed E-state index contributed by atoms with van der Waals surface area (Å²) < 4.78 is 42.0. The van der Waals surface area contributed by atoms with Crippen LogP contribution in [-0.4, -0.2) is 36.4 Å². The molecule has 2 aliphatic rings. The lowest BCUT2D eigenvalue weighted by Crippen LogP contribution is -2.50. The van der Waals surface area contributed by atoms with Crippen LogP contribution in [0.25, 0.3) is 0 Å². The van der Waals surface area contributed by atoms with Gasteiger partial charge in [-0.25, -0.2) is 12.8 Å². The first-order valence-corrected chi connectivity index (χ1v) is 11.7. The van der Waals surface area contributed by atoms with E-state index in [0.29, 0.717) is 24.8 Å². The molecule has 0 amide bonds. The Bertz CT molecular complexity index is 1190. The van der Waals surface area contributed by atoms with Crippen molar-refractivity contribution < 1.29 is 22.4 Å². The fourth-order valence-corrected chi connectivity index (χ4v) is 6.76. The third-order valence-corrected chi connectivity index (χ3v) is 8.33. The van der Waals surface area contributed by atoms with Crippen molar-refractivity contribution in [1.29, 1.82) is 0 Å². The third kappa shape index (κ3) is 3.77. The predicted molar refractivity (Wildman–Crippen MR) is 115 cm³/mol. The molecule has 0 N–H and O–H groups in total. The molecule has 1 saturated heterocycles. The monoisotopic (exact) mass is 441 g/mol. The van der Waals surface area contributed by atoms with Crippen molar-refractivity contribution in [3.8, 4) is 0 Å². The number of halogens is 1. The molecule has 4 rings (SSSR count). The highest BCUT2D eigenvalue weighted by Gasteiger charge is 2.51. The SMILES string of the molecule is CC1(C)CC[C@@H](C(=O)C2C=C(C=O)Cc3ccccc32)N1S(=O)(=O)c1cccc(F)c1. The zero-order chi connectivity index (χ0) is 22.4. The summed E-state index contributed by atoms with van der Waals surface area (Å²) in [6.07, 6.45) is 3.71. The van der Waals surface area contributed by atoms with E-state index in [9.17, 15) is 22.4 Å². The number of benzene rings is 2. The van der Waals surface area contributed by atoms with E-state index < -0.39 is 33.3 Å². The van der Waals surface area contributed by atoms with Crippen LogP contribution in [0.4, 0.5) is 4.39 Å². The maximum atomic E-state index is 13.8. The van der Waals surface area contributed by atoms with Crippen molar-refractivity contribution in [1.82, 2.24) is 4.31 Å². The fourth-order valence-electron chi connectivity index (χ4n) is 4.74. The van der Waals surface area contributed by atoms with Crippen molar-refractivity contribution in [3.05, 3.63) is 77.1 Å². The molecular formula is C24H24FNO4S. The van der Waals surface area contributed by atoms with Gasteiger partial charge in [-0.2, -0.15) is 4.31 Å². The maximum Gasteiger partial charge on any atom is 0.244 e. The fraction of sp³-hybridized carbons (Fsp3) is 0.333. The predicted octanol–water partition coefficient (Wildman–Crippen LogP) is 3.79. The van der Waals surface area contributed by atoms with Gasteiger partial charge in [-0.05, 0) is 61.6 Å². The first-order valence-electron chi connectivity index (χ1n) is 10.2. The van der Waals surface area contributed by atoms with Gasteiger partial charge in [-0.1, -0.05) is 36.4 Å². The molecule has 1 fully saturated rings. The summed E-state index contributed by atoms with van der Waals surface area (Å²) in [6.45, 7) is 3.55. The van der Waals surface area contributed by atoms with E-state index in [0.717, 1.165) is 23.5 Å². The number of ketones is 1. The Balaban J connectivity index is 1.78. The van der Waals surface area contributed by atoms with E-state index in [1.807, 2.05) is 24.3 Å². The number of hydrogen-bond acceptors (Lipinski definition) is 4. The quantitative estimate of drug-likeness (QED) is 0.662. The first-order chi connectivity index (χ1) is 14.6. The molecule has 31 heavy (non-hydrogen) atoms. The standard InChI is InChI=1S/C24H24FNO4S/c1-24(2)11-10-22(26(24)31(29,30)19-8-5-7-18(25)14-19)23(28)21-13-16(15-27)12-17-6-3-4-9-20(17)21/h3-9,13-15,21-22H,10-12H2,1-2H3/t21?,22-/m0/s1. The zero-order valence-electron chi connectivity index (χ0n) is 17.4. The number of carbonyl (C=O) groups is 2. The van der Waals surface area contributed by atoms with Crippen LogP contribution in [0.5, 0.6) is 0 Å². The number of rotatable bonds is 5. The van der Waals surface area contributed by atoms with E-state index in [2.05, 4.69) is 0 Å². The average molecular weight is 442 g/mol. The molecule has 1 aliphatic heterocycles. The molecular weight excluding hydrogens is 417 g/mol. The lowest BCUT2D eigenvalue weighted by molar-refractivity contribution is -0.123. The van der Waals surface area contributed by atoms with E-state index in [1.165, 1.54) is 22.5 Å². The van der Waals surface area contributed by atoms with Gasteiger partial charge in [0.2, 0.25) is 10.0 Å². The molecule has 0 bridgehead atoms. The summed E-state index contributed by atoms with van der Waals surface area (Å²) in [5.74, 6) is -1.62. The van der Waals surface area contributed by atoms with Gasteiger partial charge in [0.05, 0.1) is 16.9 Å². The molecule has 2 atom stereocenters. The molecule has 1 aliphatic carbocycles. The van der Waals surface area contributed by atoms with Crippen molar-refractivity contribution in [3.63, 3.8) is 0 Å². The largest absolute Gasteiger partial charge is 0.298 e. The maximum absolute atomic E-state index is 13.8. The van der Waals surface area contributed by atoms with Gasteiger partial charge >= 0.3 is 0 Å². The Labute approximate surface area is 181 Å². The van der Waals surface area contributed by atoms with Gasteiger partial charge in [0.25, 0.3) is 0 Å². The number of hydrogen-bond donors (Lipinski definition) is 0. The number of carbonyl (C=O) groups excluding carboxylic acids is 2. The molecule has 1 unspecified atom stereocenters. The van der Waals surface area contributed by atoms with Crippen LogP contribution < -0.4 is 0 Å². The minimum atomic E-state index is -4.12. The van der Waals surface area contributed by atoms with Gasteiger partial charge in [0, 0.05) is 12.0 Å². The van der Waals surface area contributed by atoms with Crippen LogP contribution in [0.3, 0.4) is 0 Å². The normalized spacial score (nSPS) is 23.1. The summed E-state index contributed by atoms with van der Waals surface area (Å²) in [5.41, 5.74) is 1.39. The Morgan fingerprint density at radius 1 is 1.16 bits per heavy atom. The van der Waals surface area contributed by atoms with Gasteiger partial charge in [-0.15, -0.1) is 0 Å². The molecule has 1 heterocycles. The Hall–Kier alpha value is -2.64. The van der Waals surface area contributed by atoms with Gasteiger partial charge in [-0.3, -0.25) is 9.59 Å². The highest BCUT2D eigenvalue weighted by molar-refractivity contribution is 7.89. The summed E-state index contributed by atoms with van der Waals surface area (Å²) in [4.78, 5) is 25.0. The highest BCUT2D eigenvalue weighted by atomic mass is 32.2. The zero-order valence-corrected chi connectivity index (χ0v) is 18.2. The molecule has 0 aromatic heterocycles. The molecule has 0 spiro atoms. The van der Waals surface area contributed by atoms with Gasteiger partial charge < -0.3 is 0 Å². The van der Waals surface area contributed by atoms with Crippen molar-refractivity contribution in [2.45, 2.75) is 55.5 Å². The van der Waals surface area contributed by atoms with E-state index in [4.69, 9.17) is 0 Å². The lowest BCUT2D eigenvalue weighted by Gasteiger charge is -2.35. The second kappa shape index (κ2) is 7.80. The molecule has 0 radical (unpaired) electrons. The minimum Gasteiger partial charge on any atom is -0.298 e. The van der Waals surface area contributed by atoms with Crippen LogP contribution in [0.1, 0.15) is 43.7 Å². The Morgan fingerprint density at radius 3 is 2.61 bits per heavy atom. The van der Waals surface area contributed by atoms with Crippen molar-refractivity contribution in [2.75, 3.05) is 0 Å². The molecule has 2 aromatic rings. The molecule has 2 aromatic carbocycles. The van der Waals surface area contributed by atoms with Crippen LogP contribution in [0, 0.1) is 5.82 Å². The number of allylic oxidation sites excluding steroid dienone is 2. The van der Waals surface area contributed by atoms with Crippen LogP contribution in [0.15, 0.2) is 65.1 Å².